The number of ether oxygens (including phenoxy) is 2. The molecule has 0 spiro atoms. The molecule has 3 aromatic carbocycles. The normalized spacial score (nSPS) is 11.7. The summed E-state index contributed by atoms with van der Waals surface area (Å²) < 4.78 is 13.1. The van der Waals surface area contributed by atoms with Crippen LogP contribution in [0.5, 0.6) is 5.75 Å². The van der Waals surface area contributed by atoms with Gasteiger partial charge in [0.2, 0.25) is 0 Å². The van der Waals surface area contributed by atoms with Gasteiger partial charge in [0, 0.05) is 14.5 Å². The summed E-state index contributed by atoms with van der Waals surface area (Å²) >= 11 is 6.98. The molecule has 150 valence electrons. The number of methoxy groups -OCH3 is 1. The van der Waals surface area contributed by atoms with E-state index in [4.69, 9.17) is 9.47 Å². The Balaban J connectivity index is 1.82. The molecule has 1 unspecified atom stereocenters. The summed E-state index contributed by atoms with van der Waals surface area (Å²) in [6, 6.07) is 23.9. The first-order valence-electron chi connectivity index (χ1n) is 9.35. The van der Waals surface area contributed by atoms with E-state index in [-0.39, 0.29) is 5.97 Å². The lowest BCUT2D eigenvalue weighted by Crippen LogP contribution is -2.16. The fourth-order valence-electron chi connectivity index (χ4n) is 3.16. The molecule has 5 heteroatoms. The average molecular weight is 518 g/mol. The first-order chi connectivity index (χ1) is 14.1. The number of rotatable bonds is 8. The summed E-state index contributed by atoms with van der Waals surface area (Å²) in [5, 5.41) is 0. The molecule has 3 nitrogen and oxygen atoms in total. The quantitative estimate of drug-likeness (QED) is 0.312. The first-order valence-corrected chi connectivity index (χ1v) is 10.9. The van der Waals surface area contributed by atoms with Crippen LogP contribution >= 0.6 is 31.9 Å². The highest BCUT2D eigenvalue weighted by Crippen LogP contribution is 2.34. The van der Waals surface area contributed by atoms with Crippen LogP contribution in [0.25, 0.3) is 0 Å². The van der Waals surface area contributed by atoms with Crippen molar-refractivity contribution >= 4 is 37.8 Å². The molecule has 0 saturated carbocycles. The average Bonchev–Trinajstić information content (AvgIpc) is 2.75. The van der Waals surface area contributed by atoms with Gasteiger partial charge in [-0.2, -0.15) is 0 Å². The van der Waals surface area contributed by atoms with Crippen molar-refractivity contribution in [2.45, 2.75) is 25.4 Å². The molecule has 0 fully saturated rings. The Morgan fingerprint density at radius 2 is 1.59 bits per heavy atom. The standard InChI is InChI=1S/C24H22Br2O3/c1-28-24(27)21(13-9-17-7-10-19(25)11-8-17)22-15-20(26)12-14-23(22)29-16-18-5-3-2-4-6-18/h2-8,10-12,14-15,21H,9,13,16H2,1H3. The van der Waals surface area contributed by atoms with E-state index >= 15 is 0 Å². The Hall–Kier alpha value is -2.11. The molecule has 0 aromatic heterocycles. The van der Waals surface area contributed by atoms with Crippen molar-refractivity contribution in [3.8, 4) is 5.75 Å². The SMILES string of the molecule is COC(=O)C(CCc1ccc(Br)cc1)c1cc(Br)ccc1OCc1ccccc1. The highest BCUT2D eigenvalue weighted by molar-refractivity contribution is 9.10. The smallest absolute Gasteiger partial charge is 0.313 e. The van der Waals surface area contributed by atoms with Crippen molar-refractivity contribution in [2.24, 2.45) is 0 Å². The third-order valence-corrected chi connectivity index (χ3v) is 5.73. The zero-order chi connectivity index (χ0) is 20.6. The van der Waals surface area contributed by atoms with E-state index in [0.717, 1.165) is 26.5 Å². The second-order valence-corrected chi connectivity index (χ2v) is 8.53. The summed E-state index contributed by atoms with van der Waals surface area (Å²) in [6.07, 6.45) is 1.39. The van der Waals surface area contributed by atoms with Gasteiger partial charge in [0.05, 0.1) is 13.0 Å². The van der Waals surface area contributed by atoms with Gasteiger partial charge in [-0.3, -0.25) is 4.79 Å². The third-order valence-electron chi connectivity index (χ3n) is 4.71. The van der Waals surface area contributed by atoms with Gasteiger partial charge in [-0.05, 0) is 54.3 Å². The van der Waals surface area contributed by atoms with Gasteiger partial charge >= 0.3 is 5.97 Å². The number of halogens is 2. The minimum absolute atomic E-state index is 0.259. The molecule has 0 N–H and O–H groups in total. The zero-order valence-corrected chi connectivity index (χ0v) is 19.3. The van der Waals surface area contributed by atoms with Crippen LogP contribution in [0.4, 0.5) is 0 Å². The van der Waals surface area contributed by atoms with E-state index < -0.39 is 5.92 Å². The molecule has 0 amide bonds. The number of carbonyl (C=O) groups is 1. The maximum Gasteiger partial charge on any atom is 0.313 e. The van der Waals surface area contributed by atoms with Crippen LogP contribution in [-0.4, -0.2) is 13.1 Å². The molecule has 0 heterocycles. The minimum atomic E-state index is -0.410. The Kier molecular flexibility index (Phi) is 7.90. The van der Waals surface area contributed by atoms with Crippen molar-refractivity contribution in [2.75, 3.05) is 7.11 Å². The largest absolute Gasteiger partial charge is 0.489 e. The highest BCUT2D eigenvalue weighted by Gasteiger charge is 2.25. The molecule has 0 aliphatic heterocycles. The molecule has 0 bridgehead atoms. The maximum absolute atomic E-state index is 12.6. The number of esters is 1. The van der Waals surface area contributed by atoms with E-state index in [2.05, 4.69) is 44.0 Å². The number of aryl methyl sites for hydroxylation is 1. The van der Waals surface area contributed by atoms with Gasteiger partial charge in [-0.25, -0.2) is 0 Å². The Labute approximate surface area is 188 Å². The fraction of sp³-hybridized carbons (Fsp3) is 0.208. The Morgan fingerprint density at radius 3 is 2.28 bits per heavy atom. The monoisotopic (exact) mass is 516 g/mol. The predicted molar refractivity (Wildman–Crippen MR) is 122 cm³/mol. The van der Waals surface area contributed by atoms with E-state index in [1.165, 1.54) is 12.7 Å². The van der Waals surface area contributed by atoms with Crippen molar-refractivity contribution in [3.05, 3.63) is 98.4 Å². The van der Waals surface area contributed by atoms with Crippen LogP contribution in [0, 0.1) is 0 Å². The van der Waals surface area contributed by atoms with Crippen LogP contribution in [0.1, 0.15) is 29.0 Å². The molecule has 1 atom stereocenters. The number of carbonyl (C=O) groups excluding carboxylic acids is 1. The van der Waals surface area contributed by atoms with Crippen molar-refractivity contribution in [1.29, 1.82) is 0 Å². The maximum atomic E-state index is 12.6. The van der Waals surface area contributed by atoms with E-state index in [9.17, 15) is 4.79 Å². The van der Waals surface area contributed by atoms with Crippen LogP contribution < -0.4 is 4.74 Å². The summed E-state index contributed by atoms with van der Waals surface area (Å²) in [5.41, 5.74) is 3.08. The Morgan fingerprint density at radius 1 is 0.897 bits per heavy atom. The summed E-state index contributed by atoms with van der Waals surface area (Å²) in [5.74, 6) is 0.0277. The minimum Gasteiger partial charge on any atom is -0.489 e. The molecule has 0 saturated heterocycles. The first kappa shape index (κ1) is 21.6. The lowest BCUT2D eigenvalue weighted by Gasteiger charge is -2.19. The van der Waals surface area contributed by atoms with Crippen LogP contribution in [0.2, 0.25) is 0 Å². The van der Waals surface area contributed by atoms with E-state index in [1.807, 2.05) is 60.7 Å². The summed E-state index contributed by atoms with van der Waals surface area (Å²) in [7, 11) is 1.43. The van der Waals surface area contributed by atoms with Gasteiger partial charge < -0.3 is 9.47 Å². The summed E-state index contributed by atoms with van der Waals surface area (Å²) in [4.78, 5) is 12.6. The number of hydrogen-bond acceptors (Lipinski definition) is 3. The molecule has 3 aromatic rings. The second-order valence-electron chi connectivity index (χ2n) is 6.70. The number of benzene rings is 3. The highest BCUT2D eigenvalue weighted by atomic mass is 79.9. The lowest BCUT2D eigenvalue weighted by atomic mass is 9.91. The van der Waals surface area contributed by atoms with Gasteiger partial charge in [0.1, 0.15) is 12.4 Å². The van der Waals surface area contributed by atoms with E-state index in [0.29, 0.717) is 18.8 Å². The molecule has 0 radical (unpaired) electrons. The molecule has 3 rings (SSSR count). The lowest BCUT2D eigenvalue weighted by molar-refractivity contribution is -0.142. The van der Waals surface area contributed by atoms with Crippen LogP contribution in [-0.2, 0) is 22.6 Å². The van der Waals surface area contributed by atoms with E-state index in [1.54, 1.807) is 0 Å². The van der Waals surface area contributed by atoms with Gasteiger partial charge in [0.15, 0.2) is 0 Å². The zero-order valence-electron chi connectivity index (χ0n) is 16.1. The van der Waals surface area contributed by atoms with Crippen LogP contribution in [0.15, 0.2) is 81.7 Å². The fourth-order valence-corrected chi connectivity index (χ4v) is 3.81. The van der Waals surface area contributed by atoms with Gasteiger partial charge in [0.25, 0.3) is 0 Å². The van der Waals surface area contributed by atoms with Crippen molar-refractivity contribution in [1.82, 2.24) is 0 Å². The predicted octanol–water partition coefficient (Wildman–Crippen LogP) is 6.68. The molecule has 29 heavy (non-hydrogen) atoms. The topological polar surface area (TPSA) is 35.5 Å². The van der Waals surface area contributed by atoms with Gasteiger partial charge in [-0.15, -0.1) is 0 Å². The summed E-state index contributed by atoms with van der Waals surface area (Å²) in [6.45, 7) is 0.441. The Bertz CT molecular complexity index is 940. The molecular formula is C24H22Br2O3. The molecular weight excluding hydrogens is 496 g/mol. The van der Waals surface area contributed by atoms with Crippen LogP contribution in [0.3, 0.4) is 0 Å². The second kappa shape index (κ2) is 10.6. The molecule has 0 aliphatic carbocycles. The third kappa shape index (κ3) is 6.18. The molecule has 0 aliphatic rings. The van der Waals surface area contributed by atoms with Crippen molar-refractivity contribution < 1.29 is 14.3 Å². The van der Waals surface area contributed by atoms with Gasteiger partial charge in [-0.1, -0.05) is 74.3 Å². The van der Waals surface area contributed by atoms with Crippen molar-refractivity contribution in [3.63, 3.8) is 0 Å². The number of hydrogen-bond donors (Lipinski definition) is 0.